The third kappa shape index (κ3) is 3.36. The van der Waals surface area contributed by atoms with Crippen molar-refractivity contribution in [2.45, 2.75) is 33.1 Å². The summed E-state index contributed by atoms with van der Waals surface area (Å²) in [4.78, 5) is 16.3. The molecule has 5 nitrogen and oxygen atoms in total. The number of nitrogens with one attached hydrogen (secondary N) is 1. The molecule has 2 rings (SSSR count). The summed E-state index contributed by atoms with van der Waals surface area (Å²) < 4.78 is 5.54. The van der Waals surface area contributed by atoms with Gasteiger partial charge in [0.05, 0.1) is 0 Å². The molecule has 20 heavy (non-hydrogen) atoms. The van der Waals surface area contributed by atoms with Crippen LogP contribution in [0.15, 0.2) is 22.6 Å². The topological polar surface area (TPSA) is 81.2 Å². The molecule has 1 heterocycles. The number of carbonyl (C=O) groups is 1. The van der Waals surface area contributed by atoms with Crippen LogP contribution in [-0.2, 0) is 11.2 Å². The Morgan fingerprint density at radius 3 is 2.90 bits per heavy atom. The van der Waals surface area contributed by atoms with E-state index < -0.39 is 0 Å². The maximum atomic E-state index is 11.9. The lowest BCUT2D eigenvalue weighted by Crippen LogP contribution is -2.21. The van der Waals surface area contributed by atoms with Crippen molar-refractivity contribution in [3.05, 3.63) is 24.1 Å². The van der Waals surface area contributed by atoms with Crippen LogP contribution in [0.4, 0.5) is 5.69 Å². The quantitative estimate of drug-likeness (QED) is 0.849. The summed E-state index contributed by atoms with van der Waals surface area (Å²) in [6.45, 7) is 4.57. The number of aromatic nitrogens is 1. The molecule has 0 saturated carbocycles. The average Bonchev–Trinajstić information content (AvgIpc) is 2.87. The second-order valence-electron chi connectivity index (χ2n) is 4.91. The summed E-state index contributed by atoms with van der Waals surface area (Å²) in [5, 5.41) is 2.88. The van der Waals surface area contributed by atoms with Gasteiger partial charge in [-0.05, 0) is 30.7 Å². The predicted molar refractivity (Wildman–Crippen MR) is 79.5 cm³/mol. The first-order valence-electron chi connectivity index (χ1n) is 7.05. The van der Waals surface area contributed by atoms with Gasteiger partial charge in [0.2, 0.25) is 5.91 Å². The second-order valence-corrected chi connectivity index (χ2v) is 4.91. The molecule has 2 aromatic rings. The fourth-order valence-corrected chi connectivity index (χ4v) is 2.07. The van der Waals surface area contributed by atoms with Crippen molar-refractivity contribution in [2.24, 2.45) is 11.7 Å². The standard InChI is InChI=1S/C15H21N3O2/c1-3-10(9-16)7-14(19)17-11-5-6-13-12(8-11)18-15(4-2)20-13/h5-6,8,10H,3-4,7,9,16H2,1-2H3,(H,17,19). The summed E-state index contributed by atoms with van der Waals surface area (Å²) in [6.07, 6.45) is 2.11. The van der Waals surface area contributed by atoms with Crippen molar-refractivity contribution in [3.8, 4) is 0 Å². The number of aryl methyl sites for hydroxylation is 1. The van der Waals surface area contributed by atoms with Crippen molar-refractivity contribution in [1.82, 2.24) is 4.98 Å². The molecule has 1 unspecified atom stereocenters. The van der Waals surface area contributed by atoms with Crippen molar-refractivity contribution in [1.29, 1.82) is 0 Å². The minimum atomic E-state index is -0.0131. The molecule has 3 N–H and O–H groups in total. The van der Waals surface area contributed by atoms with Crippen molar-refractivity contribution in [3.63, 3.8) is 0 Å². The first-order valence-corrected chi connectivity index (χ1v) is 7.05. The molecule has 1 amide bonds. The number of fused-ring (bicyclic) bond motifs is 1. The van der Waals surface area contributed by atoms with Crippen molar-refractivity contribution < 1.29 is 9.21 Å². The Hall–Kier alpha value is -1.88. The van der Waals surface area contributed by atoms with Gasteiger partial charge in [-0.2, -0.15) is 0 Å². The number of nitrogens with zero attached hydrogens (tertiary/aromatic N) is 1. The van der Waals surface area contributed by atoms with E-state index in [2.05, 4.69) is 10.3 Å². The van der Waals surface area contributed by atoms with Crippen LogP contribution in [0.5, 0.6) is 0 Å². The number of benzene rings is 1. The van der Waals surface area contributed by atoms with E-state index >= 15 is 0 Å². The Morgan fingerprint density at radius 1 is 1.45 bits per heavy atom. The zero-order valence-corrected chi connectivity index (χ0v) is 12.0. The van der Waals surface area contributed by atoms with Crippen LogP contribution >= 0.6 is 0 Å². The predicted octanol–water partition coefficient (Wildman–Crippen LogP) is 2.70. The number of rotatable bonds is 6. The molecular weight excluding hydrogens is 254 g/mol. The Morgan fingerprint density at radius 2 is 2.25 bits per heavy atom. The van der Waals surface area contributed by atoms with Crippen LogP contribution in [0.2, 0.25) is 0 Å². The molecule has 0 aliphatic rings. The highest BCUT2D eigenvalue weighted by atomic mass is 16.3. The molecule has 0 spiro atoms. The van der Waals surface area contributed by atoms with E-state index in [-0.39, 0.29) is 11.8 Å². The van der Waals surface area contributed by atoms with E-state index in [1.807, 2.05) is 32.0 Å². The third-order valence-corrected chi connectivity index (χ3v) is 3.40. The maximum absolute atomic E-state index is 11.9. The number of nitrogens with two attached hydrogens (primary N) is 1. The molecular formula is C15H21N3O2. The van der Waals surface area contributed by atoms with Crippen LogP contribution < -0.4 is 11.1 Å². The summed E-state index contributed by atoms with van der Waals surface area (Å²) in [5.74, 6) is 0.927. The van der Waals surface area contributed by atoms with E-state index in [9.17, 15) is 4.79 Å². The summed E-state index contributed by atoms with van der Waals surface area (Å²) in [5.41, 5.74) is 7.87. The van der Waals surface area contributed by atoms with Gasteiger partial charge < -0.3 is 15.5 Å². The van der Waals surface area contributed by atoms with Gasteiger partial charge >= 0.3 is 0 Å². The SMILES string of the molecule is CCc1nc2cc(NC(=O)CC(CC)CN)ccc2o1. The van der Waals surface area contributed by atoms with E-state index in [4.69, 9.17) is 10.2 Å². The maximum Gasteiger partial charge on any atom is 0.224 e. The first kappa shape index (κ1) is 14.5. The van der Waals surface area contributed by atoms with E-state index in [1.165, 1.54) is 0 Å². The van der Waals surface area contributed by atoms with E-state index in [0.717, 1.165) is 29.6 Å². The molecule has 5 heteroatoms. The van der Waals surface area contributed by atoms with Crippen LogP contribution in [-0.4, -0.2) is 17.4 Å². The van der Waals surface area contributed by atoms with E-state index in [1.54, 1.807) is 0 Å². The molecule has 1 aromatic carbocycles. The number of carbonyl (C=O) groups excluding carboxylic acids is 1. The molecule has 1 atom stereocenters. The van der Waals surface area contributed by atoms with Gasteiger partial charge in [0.25, 0.3) is 0 Å². The molecule has 0 bridgehead atoms. The normalized spacial score (nSPS) is 12.6. The molecule has 108 valence electrons. The average molecular weight is 275 g/mol. The number of amides is 1. The first-order chi connectivity index (χ1) is 9.66. The Balaban J connectivity index is 2.07. The molecule has 0 radical (unpaired) electrons. The minimum Gasteiger partial charge on any atom is -0.441 e. The van der Waals surface area contributed by atoms with Crippen molar-refractivity contribution in [2.75, 3.05) is 11.9 Å². The van der Waals surface area contributed by atoms with Crippen LogP contribution in [0.3, 0.4) is 0 Å². The lowest BCUT2D eigenvalue weighted by Gasteiger charge is -2.11. The number of oxazole rings is 1. The fraction of sp³-hybridized carbons (Fsp3) is 0.467. The summed E-state index contributed by atoms with van der Waals surface area (Å²) in [7, 11) is 0. The van der Waals surface area contributed by atoms with Crippen LogP contribution in [0, 0.1) is 5.92 Å². The van der Waals surface area contributed by atoms with Crippen molar-refractivity contribution >= 4 is 22.7 Å². The summed E-state index contributed by atoms with van der Waals surface area (Å²) in [6, 6.07) is 5.49. The van der Waals surface area contributed by atoms with Crippen LogP contribution in [0.25, 0.3) is 11.1 Å². The van der Waals surface area contributed by atoms with Gasteiger partial charge in [-0.15, -0.1) is 0 Å². The lowest BCUT2D eigenvalue weighted by atomic mass is 10.0. The molecule has 0 saturated heterocycles. The molecule has 0 fully saturated rings. The Kier molecular flexibility index (Phi) is 4.74. The zero-order valence-electron chi connectivity index (χ0n) is 12.0. The smallest absolute Gasteiger partial charge is 0.224 e. The number of hydrogen-bond acceptors (Lipinski definition) is 4. The van der Waals surface area contributed by atoms with Gasteiger partial charge in [0, 0.05) is 18.5 Å². The monoisotopic (exact) mass is 275 g/mol. The molecule has 1 aromatic heterocycles. The highest BCUT2D eigenvalue weighted by Crippen LogP contribution is 2.20. The highest BCUT2D eigenvalue weighted by molar-refractivity contribution is 5.92. The number of hydrogen-bond donors (Lipinski definition) is 2. The third-order valence-electron chi connectivity index (χ3n) is 3.40. The van der Waals surface area contributed by atoms with Gasteiger partial charge in [-0.25, -0.2) is 4.98 Å². The van der Waals surface area contributed by atoms with Gasteiger partial charge in [0.15, 0.2) is 11.5 Å². The Bertz CT molecular complexity index is 588. The van der Waals surface area contributed by atoms with Gasteiger partial charge in [0.1, 0.15) is 5.52 Å². The summed E-state index contributed by atoms with van der Waals surface area (Å²) >= 11 is 0. The van der Waals surface area contributed by atoms with E-state index in [0.29, 0.717) is 18.9 Å². The number of anilines is 1. The lowest BCUT2D eigenvalue weighted by molar-refractivity contribution is -0.117. The zero-order chi connectivity index (χ0) is 14.5. The van der Waals surface area contributed by atoms with Gasteiger partial charge in [-0.3, -0.25) is 4.79 Å². The minimum absolute atomic E-state index is 0.0131. The van der Waals surface area contributed by atoms with Gasteiger partial charge in [-0.1, -0.05) is 20.3 Å². The molecule has 0 aliphatic carbocycles. The fourth-order valence-electron chi connectivity index (χ4n) is 2.07. The Labute approximate surface area is 118 Å². The second kappa shape index (κ2) is 6.52. The van der Waals surface area contributed by atoms with Crippen LogP contribution in [0.1, 0.15) is 32.6 Å². The highest BCUT2D eigenvalue weighted by Gasteiger charge is 2.11. The molecule has 0 aliphatic heterocycles. The largest absolute Gasteiger partial charge is 0.441 e.